The maximum Gasteiger partial charge on any atom is 0.162 e. The third kappa shape index (κ3) is 3.01. The van der Waals surface area contributed by atoms with E-state index in [4.69, 9.17) is 4.74 Å². The summed E-state index contributed by atoms with van der Waals surface area (Å²) in [6, 6.07) is 3.50. The van der Waals surface area contributed by atoms with Gasteiger partial charge in [-0.3, -0.25) is 0 Å². The van der Waals surface area contributed by atoms with Gasteiger partial charge in [0.1, 0.15) is 11.4 Å². The van der Waals surface area contributed by atoms with Crippen LogP contribution in [0.25, 0.3) is 0 Å². The number of hydrogen-bond donors (Lipinski definition) is 0. The molecule has 1 rings (SSSR count). The normalized spacial score (nSPS) is 11.5. The molecule has 0 aliphatic rings. The molecule has 3 heteroatoms. The molecule has 0 aliphatic carbocycles. The number of ether oxygens (including phenoxy) is 1. The topological polar surface area (TPSA) is 9.23 Å². The molecule has 1 aromatic rings. The van der Waals surface area contributed by atoms with Gasteiger partial charge in [0, 0.05) is 6.07 Å². The SMILES string of the molecule is CC(C)(C)Oc1ccc(F)c(F)c1. The fraction of sp³-hybridized carbons (Fsp3) is 0.400. The van der Waals surface area contributed by atoms with Gasteiger partial charge in [0.05, 0.1) is 0 Å². The van der Waals surface area contributed by atoms with E-state index in [0.29, 0.717) is 5.75 Å². The zero-order valence-electron chi connectivity index (χ0n) is 7.90. The standard InChI is InChI=1S/C10H12F2O/c1-10(2,3)13-7-4-5-8(11)9(12)6-7/h4-6H,1-3H3. The van der Waals surface area contributed by atoms with Crippen molar-refractivity contribution in [1.82, 2.24) is 0 Å². The Labute approximate surface area is 76.3 Å². The van der Waals surface area contributed by atoms with E-state index in [1.54, 1.807) is 0 Å². The highest BCUT2D eigenvalue weighted by atomic mass is 19.2. The first-order chi connectivity index (χ1) is 5.88. The molecule has 0 fully saturated rings. The van der Waals surface area contributed by atoms with E-state index in [0.717, 1.165) is 12.1 Å². The summed E-state index contributed by atoms with van der Waals surface area (Å²) in [6.45, 7) is 5.52. The van der Waals surface area contributed by atoms with Gasteiger partial charge >= 0.3 is 0 Å². The number of hydrogen-bond acceptors (Lipinski definition) is 1. The highest BCUT2D eigenvalue weighted by Gasteiger charge is 2.12. The van der Waals surface area contributed by atoms with E-state index in [-0.39, 0.29) is 0 Å². The molecule has 1 aromatic carbocycles. The molecule has 0 N–H and O–H groups in total. The molecule has 0 aromatic heterocycles. The Morgan fingerprint density at radius 2 is 1.69 bits per heavy atom. The predicted molar refractivity (Wildman–Crippen MR) is 46.7 cm³/mol. The van der Waals surface area contributed by atoms with Gasteiger partial charge in [-0.25, -0.2) is 8.78 Å². The Bertz CT molecular complexity index is 302. The monoisotopic (exact) mass is 186 g/mol. The Kier molecular flexibility index (Phi) is 2.55. The van der Waals surface area contributed by atoms with Gasteiger partial charge in [-0.2, -0.15) is 0 Å². The van der Waals surface area contributed by atoms with E-state index in [1.165, 1.54) is 6.07 Å². The number of halogens is 2. The Morgan fingerprint density at radius 1 is 1.08 bits per heavy atom. The summed E-state index contributed by atoms with van der Waals surface area (Å²) in [5.74, 6) is -1.41. The highest BCUT2D eigenvalue weighted by Crippen LogP contribution is 2.20. The molecule has 1 nitrogen and oxygen atoms in total. The zero-order valence-corrected chi connectivity index (χ0v) is 7.90. The van der Waals surface area contributed by atoms with Gasteiger partial charge < -0.3 is 4.74 Å². The van der Waals surface area contributed by atoms with Crippen LogP contribution in [0.15, 0.2) is 18.2 Å². The van der Waals surface area contributed by atoms with E-state index < -0.39 is 17.2 Å². The van der Waals surface area contributed by atoms with Crippen LogP contribution in [0.1, 0.15) is 20.8 Å². The molecule has 0 saturated heterocycles. The molecule has 0 radical (unpaired) electrons. The fourth-order valence-electron chi connectivity index (χ4n) is 0.894. The average molecular weight is 186 g/mol. The lowest BCUT2D eigenvalue weighted by Gasteiger charge is -2.21. The molecule has 0 bridgehead atoms. The second-order valence-electron chi connectivity index (χ2n) is 3.79. The summed E-state index contributed by atoms with van der Waals surface area (Å²) in [5, 5.41) is 0. The predicted octanol–water partition coefficient (Wildman–Crippen LogP) is 3.14. The minimum absolute atomic E-state index is 0.339. The van der Waals surface area contributed by atoms with Gasteiger partial charge in [0.2, 0.25) is 0 Å². The minimum Gasteiger partial charge on any atom is -0.488 e. The molecule has 0 aliphatic heterocycles. The average Bonchev–Trinajstić information content (AvgIpc) is 1.94. The minimum atomic E-state index is -0.887. The van der Waals surface area contributed by atoms with Crippen LogP contribution in [0.5, 0.6) is 5.75 Å². The molecule has 0 spiro atoms. The van der Waals surface area contributed by atoms with Crippen LogP contribution in [0.3, 0.4) is 0 Å². The molecular weight excluding hydrogens is 174 g/mol. The maximum absolute atomic E-state index is 12.7. The van der Waals surface area contributed by atoms with E-state index in [9.17, 15) is 8.78 Å². The molecular formula is C10H12F2O. The van der Waals surface area contributed by atoms with Gasteiger partial charge in [0.15, 0.2) is 11.6 Å². The van der Waals surface area contributed by atoms with Gasteiger partial charge in [-0.05, 0) is 32.9 Å². The van der Waals surface area contributed by atoms with Gasteiger partial charge in [0.25, 0.3) is 0 Å². The van der Waals surface area contributed by atoms with Crippen LogP contribution in [0, 0.1) is 11.6 Å². The Morgan fingerprint density at radius 3 is 2.15 bits per heavy atom. The number of rotatable bonds is 1. The lowest BCUT2D eigenvalue weighted by Crippen LogP contribution is -2.23. The first kappa shape index (κ1) is 9.96. The lowest BCUT2D eigenvalue weighted by atomic mass is 10.2. The van der Waals surface area contributed by atoms with E-state index in [2.05, 4.69) is 0 Å². The van der Waals surface area contributed by atoms with Crippen molar-refractivity contribution in [2.24, 2.45) is 0 Å². The summed E-state index contributed by atoms with van der Waals surface area (Å²) in [6.07, 6.45) is 0. The van der Waals surface area contributed by atoms with Crippen molar-refractivity contribution in [2.45, 2.75) is 26.4 Å². The summed E-state index contributed by atoms with van der Waals surface area (Å²) < 4.78 is 30.5. The molecule has 0 heterocycles. The lowest BCUT2D eigenvalue weighted by molar-refractivity contribution is 0.130. The molecule has 0 atom stereocenters. The van der Waals surface area contributed by atoms with Crippen LogP contribution in [-0.4, -0.2) is 5.60 Å². The number of benzene rings is 1. The first-order valence-corrected chi connectivity index (χ1v) is 4.02. The smallest absolute Gasteiger partial charge is 0.162 e. The summed E-state index contributed by atoms with van der Waals surface area (Å²) in [7, 11) is 0. The van der Waals surface area contributed by atoms with Crippen molar-refractivity contribution in [3.63, 3.8) is 0 Å². The molecule has 0 amide bonds. The maximum atomic E-state index is 12.7. The van der Waals surface area contributed by atoms with Crippen LogP contribution < -0.4 is 4.74 Å². The molecule has 0 saturated carbocycles. The van der Waals surface area contributed by atoms with Crippen LogP contribution in [0.4, 0.5) is 8.78 Å². The zero-order chi connectivity index (χ0) is 10.1. The Hall–Kier alpha value is -1.12. The fourth-order valence-corrected chi connectivity index (χ4v) is 0.894. The van der Waals surface area contributed by atoms with Crippen LogP contribution in [0.2, 0.25) is 0 Å². The van der Waals surface area contributed by atoms with Crippen molar-refractivity contribution >= 4 is 0 Å². The van der Waals surface area contributed by atoms with Gasteiger partial charge in [-0.15, -0.1) is 0 Å². The third-order valence-corrected chi connectivity index (χ3v) is 1.32. The van der Waals surface area contributed by atoms with Crippen LogP contribution in [-0.2, 0) is 0 Å². The largest absolute Gasteiger partial charge is 0.488 e. The first-order valence-electron chi connectivity index (χ1n) is 4.02. The van der Waals surface area contributed by atoms with Crippen molar-refractivity contribution in [2.75, 3.05) is 0 Å². The summed E-state index contributed by atoms with van der Waals surface area (Å²) in [5.41, 5.74) is -0.399. The quantitative estimate of drug-likeness (QED) is 0.654. The molecule has 13 heavy (non-hydrogen) atoms. The highest BCUT2D eigenvalue weighted by molar-refractivity contribution is 5.24. The van der Waals surface area contributed by atoms with E-state index in [1.807, 2.05) is 20.8 Å². The van der Waals surface area contributed by atoms with Crippen molar-refractivity contribution in [3.05, 3.63) is 29.8 Å². The molecule has 0 unspecified atom stereocenters. The third-order valence-electron chi connectivity index (χ3n) is 1.32. The summed E-state index contributed by atoms with van der Waals surface area (Å²) in [4.78, 5) is 0. The Balaban J connectivity index is 2.86. The van der Waals surface area contributed by atoms with Crippen molar-refractivity contribution < 1.29 is 13.5 Å². The second-order valence-corrected chi connectivity index (χ2v) is 3.79. The molecule has 72 valence electrons. The summed E-state index contributed by atoms with van der Waals surface area (Å²) >= 11 is 0. The van der Waals surface area contributed by atoms with Crippen LogP contribution >= 0.6 is 0 Å². The van der Waals surface area contributed by atoms with Gasteiger partial charge in [-0.1, -0.05) is 0 Å². The second kappa shape index (κ2) is 3.32. The van der Waals surface area contributed by atoms with Crippen molar-refractivity contribution in [1.29, 1.82) is 0 Å². The van der Waals surface area contributed by atoms with Crippen molar-refractivity contribution in [3.8, 4) is 5.75 Å². The van der Waals surface area contributed by atoms with E-state index >= 15 is 0 Å².